The Kier molecular flexibility index (Phi) is 4.59. The molecule has 0 radical (unpaired) electrons. The highest BCUT2D eigenvalue weighted by Gasteiger charge is 2.16. The van der Waals surface area contributed by atoms with E-state index in [1.807, 2.05) is 12.1 Å². The molecule has 22 heavy (non-hydrogen) atoms. The summed E-state index contributed by atoms with van der Waals surface area (Å²) in [6, 6.07) is 6.97. The number of amides is 1. The number of nitrogens with one attached hydrogen (secondary N) is 1. The number of carbonyl (C=O) groups is 1. The van der Waals surface area contributed by atoms with E-state index in [0.717, 1.165) is 29.4 Å². The molecule has 1 aliphatic rings. The second-order valence-corrected chi connectivity index (χ2v) is 6.32. The summed E-state index contributed by atoms with van der Waals surface area (Å²) in [7, 11) is 0. The SMILES string of the molecule is O=C(Cn1ccc(=O)c2cc(Br)ccc21)NC[C@H]1CCCO1. The molecular formula is C16H17BrN2O3. The molecule has 1 aromatic carbocycles. The van der Waals surface area contributed by atoms with E-state index in [0.29, 0.717) is 11.9 Å². The summed E-state index contributed by atoms with van der Waals surface area (Å²) in [6.07, 6.45) is 3.84. The number of nitrogens with zero attached hydrogens (tertiary/aromatic N) is 1. The second-order valence-electron chi connectivity index (χ2n) is 5.41. The Morgan fingerprint density at radius 3 is 3.05 bits per heavy atom. The van der Waals surface area contributed by atoms with Gasteiger partial charge >= 0.3 is 0 Å². The van der Waals surface area contributed by atoms with E-state index < -0.39 is 0 Å². The van der Waals surface area contributed by atoms with Gasteiger partial charge in [0.1, 0.15) is 6.54 Å². The number of hydrogen-bond acceptors (Lipinski definition) is 3. The minimum Gasteiger partial charge on any atom is -0.376 e. The third-order valence-electron chi connectivity index (χ3n) is 3.80. The molecule has 116 valence electrons. The minimum absolute atomic E-state index is 0.0488. The number of ether oxygens (including phenoxy) is 1. The van der Waals surface area contributed by atoms with Gasteiger partial charge in [-0.3, -0.25) is 9.59 Å². The van der Waals surface area contributed by atoms with Crippen LogP contribution in [0.2, 0.25) is 0 Å². The van der Waals surface area contributed by atoms with E-state index >= 15 is 0 Å². The maximum atomic E-state index is 12.1. The molecule has 0 bridgehead atoms. The van der Waals surface area contributed by atoms with E-state index in [9.17, 15) is 9.59 Å². The first-order chi connectivity index (χ1) is 10.6. The van der Waals surface area contributed by atoms with Crippen molar-refractivity contribution >= 4 is 32.7 Å². The number of fused-ring (bicyclic) bond motifs is 1. The molecule has 0 unspecified atom stereocenters. The van der Waals surface area contributed by atoms with Gasteiger partial charge in [-0.2, -0.15) is 0 Å². The van der Waals surface area contributed by atoms with E-state index in [-0.39, 0.29) is 24.0 Å². The Labute approximate surface area is 136 Å². The molecule has 1 atom stereocenters. The van der Waals surface area contributed by atoms with E-state index in [1.165, 1.54) is 6.07 Å². The zero-order valence-corrected chi connectivity index (χ0v) is 13.6. The van der Waals surface area contributed by atoms with Crippen LogP contribution in [0.25, 0.3) is 10.9 Å². The van der Waals surface area contributed by atoms with Crippen LogP contribution in [0.1, 0.15) is 12.8 Å². The summed E-state index contributed by atoms with van der Waals surface area (Å²) in [6.45, 7) is 1.51. The molecule has 1 amide bonds. The molecule has 2 heterocycles. The first-order valence-electron chi connectivity index (χ1n) is 7.30. The molecule has 0 spiro atoms. The van der Waals surface area contributed by atoms with Crippen LogP contribution in [0, 0.1) is 0 Å². The van der Waals surface area contributed by atoms with Crippen molar-refractivity contribution in [3.63, 3.8) is 0 Å². The van der Waals surface area contributed by atoms with E-state index in [4.69, 9.17) is 4.74 Å². The smallest absolute Gasteiger partial charge is 0.240 e. The monoisotopic (exact) mass is 364 g/mol. The maximum absolute atomic E-state index is 12.1. The summed E-state index contributed by atoms with van der Waals surface area (Å²) in [5.41, 5.74) is 0.704. The van der Waals surface area contributed by atoms with Crippen LogP contribution in [0.3, 0.4) is 0 Å². The van der Waals surface area contributed by atoms with Crippen LogP contribution in [-0.4, -0.2) is 29.7 Å². The lowest BCUT2D eigenvalue weighted by atomic mass is 10.2. The van der Waals surface area contributed by atoms with Crippen molar-refractivity contribution in [1.29, 1.82) is 0 Å². The molecule has 1 saturated heterocycles. The van der Waals surface area contributed by atoms with E-state index in [2.05, 4.69) is 21.2 Å². The lowest BCUT2D eigenvalue weighted by molar-refractivity contribution is -0.122. The second kappa shape index (κ2) is 6.62. The quantitative estimate of drug-likeness (QED) is 0.903. The average Bonchev–Trinajstić information content (AvgIpc) is 3.02. The summed E-state index contributed by atoms with van der Waals surface area (Å²) < 4.78 is 8.12. The normalized spacial score (nSPS) is 17.8. The predicted octanol–water partition coefficient (Wildman–Crippen LogP) is 2.06. The Hall–Kier alpha value is -1.66. The van der Waals surface area contributed by atoms with Gasteiger partial charge in [-0.15, -0.1) is 0 Å². The lowest BCUT2D eigenvalue weighted by Crippen LogP contribution is -2.34. The highest BCUT2D eigenvalue weighted by molar-refractivity contribution is 9.10. The fraction of sp³-hybridized carbons (Fsp3) is 0.375. The van der Waals surface area contributed by atoms with Crippen LogP contribution < -0.4 is 10.7 Å². The molecule has 2 aromatic rings. The van der Waals surface area contributed by atoms with Crippen LogP contribution in [0.15, 0.2) is 39.7 Å². The van der Waals surface area contributed by atoms with Gasteiger partial charge in [-0.25, -0.2) is 0 Å². The fourth-order valence-corrected chi connectivity index (χ4v) is 3.03. The van der Waals surface area contributed by atoms with Crippen molar-refractivity contribution in [3.8, 4) is 0 Å². The average molecular weight is 365 g/mol. The summed E-state index contributed by atoms with van der Waals surface area (Å²) in [4.78, 5) is 24.0. The number of rotatable bonds is 4. The van der Waals surface area contributed by atoms with Gasteiger partial charge in [0.05, 0.1) is 11.6 Å². The number of hydrogen-bond donors (Lipinski definition) is 1. The Bertz CT molecular complexity index is 751. The van der Waals surface area contributed by atoms with Gasteiger partial charge in [0.2, 0.25) is 5.91 Å². The molecule has 5 nitrogen and oxygen atoms in total. The Morgan fingerprint density at radius 1 is 1.41 bits per heavy atom. The van der Waals surface area contributed by atoms with Crippen molar-refractivity contribution in [3.05, 3.63) is 45.2 Å². The first-order valence-corrected chi connectivity index (χ1v) is 8.10. The van der Waals surface area contributed by atoms with Crippen molar-refractivity contribution in [1.82, 2.24) is 9.88 Å². The van der Waals surface area contributed by atoms with Crippen molar-refractivity contribution < 1.29 is 9.53 Å². The summed E-state index contributed by atoms with van der Waals surface area (Å²) >= 11 is 3.36. The minimum atomic E-state index is -0.0802. The lowest BCUT2D eigenvalue weighted by Gasteiger charge is -2.13. The van der Waals surface area contributed by atoms with Crippen LogP contribution in [-0.2, 0) is 16.1 Å². The highest BCUT2D eigenvalue weighted by atomic mass is 79.9. The van der Waals surface area contributed by atoms with Gasteiger partial charge in [-0.1, -0.05) is 15.9 Å². The molecule has 6 heteroatoms. The van der Waals surface area contributed by atoms with Crippen LogP contribution >= 0.6 is 15.9 Å². The van der Waals surface area contributed by atoms with Gasteiger partial charge in [0, 0.05) is 35.3 Å². The van der Waals surface area contributed by atoms with E-state index in [1.54, 1.807) is 16.8 Å². The van der Waals surface area contributed by atoms with Gasteiger partial charge < -0.3 is 14.6 Å². The standard InChI is InChI=1S/C16H17BrN2O3/c17-11-3-4-14-13(8-11)15(20)5-6-19(14)10-16(21)18-9-12-2-1-7-22-12/h3-6,8,12H,1-2,7,9-10H2,(H,18,21)/t12-/m1/s1. The summed E-state index contributed by atoms with van der Waals surface area (Å²) in [5.74, 6) is -0.0802. The van der Waals surface area contributed by atoms with Gasteiger partial charge in [-0.05, 0) is 31.0 Å². The Balaban J connectivity index is 1.74. The van der Waals surface area contributed by atoms with Gasteiger partial charge in [0.25, 0.3) is 0 Å². The maximum Gasteiger partial charge on any atom is 0.240 e. The van der Waals surface area contributed by atoms with Crippen LogP contribution in [0.4, 0.5) is 0 Å². The zero-order valence-electron chi connectivity index (χ0n) is 12.0. The highest BCUT2D eigenvalue weighted by Crippen LogP contribution is 2.17. The topological polar surface area (TPSA) is 60.3 Å². The zero-order chi connectivity index (χ0) is 15.5. The predicted molar refractivity (Wildman–Crippen MR) is 87.9 cm³/mol. The third kappa shape index (κ3) is 3.39. The van der Waals surface area contributed by atoms with Crippen molar-refractivity contribution in [2.45, 2.75) is 25.5 Å². The number of carbonyl (C=O) groups excluding carboxylic acids is 1. The number of benzene rings is 1. The summed E-state index contributed by atoms with van der Waals surface area (Å²) in [5, 5.41) is 3.49. The molecule has 3 rings (SSSR count). The number of pyridine rings is 1. The molecule has 1 aromatic heterocycles. The fourth-order valence-electron chi connectivity index (χ4n) is 2.67. The molecule has 1 fully saturated rings. The largest absolute Gasteiger partial charge is 0.376 e. The molecule has 1 aliphatic heterocycles. The molecular weight excluding hydrogens is 348 g/mol. The number of halogens is 1. The van der Waals surface area contributed by atoms with Gasteiger partial charge in [0.15, 0.2) is 5.43 Å². The van der Waals surface area contributed by atoms with Crippen molar-refractivity contribution in [2.24, 2.45) is 0 Å². The Morgan fingerprint density at radius 2 is 2.27 bits per heavy atom. The number of aromatic nitrogens is 1. The van der Waals surface area contributed by atoms with Crippen LogP contribution in [0.5, 0.6) is 0 Å². The third-order valence-corrected chi connectivity index (χ3v) is 4.30. The molecule has 0 aliphatic carbocycles. The molecule has 0 saturated carbocycles. The molecule has 1 N–H and O–H groups in total. The first kappa shape index (κ1) is 15.2. The van der Waals surface area contributed by atoms with Crippen molar-refractivity contribution in [2.75, 3.05) is 13.2 Å².